The summed E-state index contributed by atoms with van der Waals surface area (Å²) >= 11 is 0. The number of hydrogen-bond donors (Lipinski definition) is 2. The molecule has 2 N–H and O–H groups in total. The summed E-state index contributed by atoms with van der Waals surface area (Å²) in [6.45, 7) is 9.49. The van der Waals surface area contributed by atoms with Crippen molar-refractivity contribution in [1.82, 2.24) is 10.6 Å². The highest BCUT2D eigenvalue weighted by Crippen LogP contribution is 2.54. The summed E-state index contributed by atoms with van der Waals surface area (Å²) in [5.74, 6) is 0.921. The highest BCUT2D eigenvalue weighted by atomic mass is 15.3. The van der Waals surface area contributed by atoms with Gasteiger partial charge in [-0.2, -0.15) is 0 Å². The largest absolute Gasteiger partial charge is 0.350 e. The van der Waals surface area contributed by atoms with Gasteiger partial charge < -0.3 is 5.32 Å². The van der Waals surface area contributed by atoms with Crippen LogP contribution in [0.5, 0.6) is 0 Å². The fourth-order valence-electron chi connectivity index (χ4n) is 9.99. The van der Waals surface area contributed by atoms with Crippen molar-refractivity contribution < 1.29 is 0 Å². The van der Waals surface area contributed by atoms with E-state index in [0.717, 1.165) is 11.4 Å². The van der Waals surface area contributed by atoms with Gasteiger partial charge in [-0.25, -0.2) is 4.99 Å². The van der Waals surface area contributed by atoms with Crippen LogP contribution in [-0.2, 0) is 10.8 Å². The first kappa shape index (κ1) is 31.5. The molecule has 0 saturated heterocycles. The van der Waals surface area contributed by atoms with Crippen molar-refractivity contribution in [2.24, 2.45) is 4.99 Å². The van der Waals surface area contributed by atoms with E-state index in [1.165, 1.54) is 88.0 Å². The van der Waals surface area contributed by atoms with Crippen molar-refractivity contribution in [3.63, 3.8) is 0 Å². The summed E-state index contributed by atoms with van der Waals surface area (Å²) < 4.78 is 0. The van der Waals surface area contributed by atoms with Crippen LogP contribution in [0.4, 0.5) is 0 Å². The van der Waals surface area contributed by atoms with Gasteiger partial charge in [0.2, 0.25) is 0 Å². The standard InChI is InChI=1S/C51H41N3/c1-50(2)39-23-13-11-21-37(39)43-41(50)28-32-17-7-9-19-35(32)45(43)48-52-47(34-26-25-30-15-5-6-16-31(30)27-34)53-49(54-48)46-36-20-10-8-18-33(36)29-42-44(46)38-22-12-14-24-40(38)51(42,3)4/h5-29,47-48,52H,1-4H3,(H,53,54). The SMILES string of the molecule is CC1(C)c2ccccc2-c2c1cc1ccccc1c2C1=NC(c2ccc3ccccc3c2)NC(c2c3c(cc4ccccc24)C(C)(C)c2ccccc2-3)N1. The average Bonchev–Trinajstić information content (AvgIpc) is 3.57. The van der Waals surface area contributed by atoms with Crippen molar-refractivity contribution in [1.29, 1.82) is 0 Å². The van der Waals surface area contributed by atoms with Crippen molar-refractivity contribution in [3.8, 4) is 22.3 Å². The second kappa shape index (κ2) is 11.2. The quantitative estimate of drug-likeness (QED) is 0.193. The third-order valence-corrected chi connectivity index (χ3v) is 12.7. The Bertz CT molecular complexity index is 2910. The van der Waals surface area contributed by atoms with Crippen LogP contribution in [0.3, 0.4) is 0 Å². The number of fused-ring (bicyclic) bond motifs is 9. The zero-order chi connectivity index (χ0) is 36.3. The molecule has 11 rings (SSSR count). The Labute approximate surface area is 316 Å². The molecule has 3 heteroatoms. The molecule has 3 nitrogen and oxygen atoms in total. The van der Waals surface area contributed by atoms with E-state index < -0.39 is 0 Å². The number of rotatable bonds is 3. The van der Waals surface area contributed by atoms with Crippen molar-refractivity contribution in [2.75, 3.05) is 0 Å². The van der Waals surface area contributed by atoms with Gasteiger partial charge in [0.15, 0.2) is 0 Å². The number of hydrogen-bond acceptors (Lipinski definition) is 3. The predicted molar refractivity (Wildman–Crippen MR) is 225 cm³/mol. The molecule has 1 heterocycles. The number of nitrogens with zero attached hydrogens (tertiary/aromatic N) is 1. The van der Waals surface area contributed by atoms with Crippen LogP contribution in [0.15, 0.2) is 157 Å². The Kier molecular flexibility index (Phi) is 6.56. The Morgan fingerprint density at radius 2 is 1.00 bits per heavy atom. The zero-order valence-electron chi connectivity index (χ0n) is 31.0. The second-order valence-corrected chi connectivity index (χ2v) is 16.4. The Balaban J connectivity index is 1.21. The van der Waals surface area contributed by atoms with Gasteiger partial charge >= 0.3 is 0 Å². The van der Waals surface area contributed by atoms with E-state index in [9.17, 15) is 0 Å². The molecule has 8 aromatic carbocycles. The van der Waals surface area contributed by atoms with Crippen LogP contribution in [0.25, 0.3) is 54.6 Å². The lowest BCUT2D eigenvalue weighted by Crippen LogP contribution is -2.45. The molecule has 0 spiro atoms. The topological polar surface area (TPSA) is 36.4 Å². The minimum atomic E-state index is -0.297. The van der Waals surface area contributed by atoms with E-state index >= 15 is 0 Å². The molecule has 0 amide bonds. The fourth-order valence-corrected chi connectivity index (χ4v) is 9.99. The molecule has 0 fully saturated rings. The van der Waals surface area contributed by atoms with Gasteiger partial charge in [-0.15, -0.1) is 0 Å². The highest BCUT2D eigenvalue weighted by molar-refractivity contribution is 6.17. The van der Waals surface area contributed by atoms with Crippen LogP contribution in [0.1, 0.15) is 79.0 Å². The van der Waals surface area contributed by atoms with Gasteiger partial charge in [-0.05, 0) is 101 Å². The highest BCUT2D eigenvalue weighted by Gasteiger charge is 2.42. The zero-order valence-corrected chi connectivity index (χ0v) is 31.0. The van der Waals surface area contributed by atoms with Gasteiger partial charge in [0.1, 0.15) is 18.2 Å². The van der Waals surface area contributed by atoms with Gasteiger partial charge in [0, 0.05) is 22.0 Å². The fraction of sp³-hybridized carbons (Fsp3) is 0.157. The molecular formula is C51H41N3. The van der Waals surface area contributed by atoms with Gasteiger partial charge in [-0.3, -0.25) is 5.32 Å². The Morgan fingerprint density at radius 3 is 1.70 bits per heavy atom. The monoisotopic (exact) mass is 695 g/mol. The van der Waals surface area contributed by atoms with Crippen molar-refractivity contribution in [3.05, 3.63) is 191 Å². The van der Waals surface area contributed by atoms with Gasteiger partial charge in [0.05, 0.1) is 0 Å². The summed E-state index contributed by atoms with van der Waals surface area (Å²) in [6, 6.07) is 56.0. The molecule has 54 heavy (non-hydrogen) atoms. The lowest BCUT2D eigenvalue weighted by Gasteiger charge is -2.35. The van der Waals surface area contributed by atoms with E-state index in [2.05, 4.69) is 190 Å². The lowest BCUT2D eigenvalue weighted by atomic mass is 9.80. The maximum absolute atomic E-state index is 5.69. The van der Waals surface area contributed by atoms with Crippen molar-refractivity contribution >= 4 is 38.2 Å². The van der Waals surface area contributed by atoms with E-state index in [-0.39, 0.29) is 23.2 Å². The first-order valence-electron chi connectivity index (χ1n) is 19.2. The lowest BCUT2D eigenvalue weighted by molar-refractivity contribution is 0.412. The first-order chi connectivity index (χ1) is 26.3. The molecule has 0 aromatic heterocycles. The smallest absolute Gasteiger partial charge is 0.133 e. The molecule has 8 aromatic rings. The summed E-state index contributed by atoms with van der Waals surface area (Å²) in [5.41, 5.74) is 14.0. The molecule has 2 aliphatic carbocycles. The third kappa shape index (κ3) is 4.36. The minimum Gasteiger partial charge on any atom is -0.350 e. The maximum atomic E-state index is 5.69. The molecule has 2 atom stereocenters. The molecule has 0 saturated carbocycles. The Morgan fingerprint density at radius 1 is 0.463 bits per heavy atom. The Hall–Kier alpha value is -6.03. The molecule has 1 aliphatic heterocycles. The van der Waals surface area contributed by atoms with Gasteiger partial charge in [0.25, 0.3) is 0 Å². The van der Waals surface area contributed by atoms with Crippen LogP contribution in [0.2, 0.25) is 0 Å². The van der Waals surface area contributed by atoms with Crippen molar-refractivity contribution in [2.45, 2.75) is 50.9 Å². The summed E-state index contributed by atoms with van der Waals surface area (Å²) in [4.78, 5) is 5.69. The number of benzene rings is 8. The predicted octanol–water partition coefficient (Wildman–Crippen LogP) is 12.1. The van der Waals surface area contributed by atoms with Crippen LogP contribution in [0, 0.1) is 0 Å². The van der Waals surface area contributed by atoms with Crippen LogP contribution >= 0.6 is 0 Å². The summed E-state index contributed by atoms with van der Waals surface area (Å²) in [7, 11) is 0. The normalized spacial score (nSPS) is 18.9. The first-order valence-corrected chi connectivity index (χ1v) is 19.2. The molecule has 0 bridgehead atoms. The molecule has 0 radical (unpaired) electrons. The summed E-state index contributed by atoms with van der Waals surface area (Å²) in [6.07, 6.45) is -0.538. The number of nitrogens with one attached hydrogen (secondary N) is 2. The van der Waals surface area contributed by atoms with E-state index in [1.807, 2.05) is 0 Å². The average molecular weight is 696 g/mol. The molecule has 260 valence electrons. The summed E-state index contributed by atoms with van der Waals surface area (Å²) in [5, 5.41) is 15.6. The number of amidine groups is 1. The van der Waals surface area contributed by atoms with E-state index in [0.29, 0.717) is 0 Å². The molecule has 3 aliphatic rings. The maximum Gasteiger partial charge on any atom is 0.133 e. The van der Waals surface area contributed by atoms with Crippen LogP contribution in [-0.4, -0.2) is 5.84 Å². The third-order valence-electron chi connectivity index (χ3n) is 12.7. The molecule has 2 unspecified atom stereocenters. The minimum absolute atomic E-state index is 0.139. The number of aliphatic imine (C=N–C) groups is 1. The molecular weight excluding hydrogens is 655 g/mol. The second-order valence-electron chi connectivity index (χ2n) is 16.4. The van der Waals surface area contributed by atoms with Gasteiger partial charge in [-0.1, -0.05) is 161 Å². The van der Waals surface area contributed by atoms with E-state index in [1.54, 1.807) is 0 Å². The van der Waals surface area contributed by atoms with Crippen LogP contribution < -0.4 is 10.6 Å². The van der Waals surface area contributed by atoms with E-state index in [4.69, 9.17) is 4.99 Å².